The molecule has 2 N–H and O–H groups in total. The first-order valence-corrected chi connectivity index (χ1v) is 8.07. The molecule has 1 rings (SSSR count). The number of anilines is 1. The molecule has 0 aliphatic rings. The maximum Gasteiger partial charge on any atom is 0.147 e. The van der Waals surface area contributed by atoms with E-state index in [9.17, 15) is 8.78 Å². The van der Waals surface area contributed by atoms with E-state index in [0.29, 0.717) is 0 Å². The molecule has 0 bridgehead atoms. The molecular weight excluding hydrogens is 212 g/mol. The minimum atomic E-state index is -1.58. The second-order valence-electron chi connectivity index (χ2n) is 4.35. The number of nitrogens with two attached hydrogens (primary N) is 1. The van der Waals surface area contributed by atoms with Crippen LogP contribution in [0.25, 0.3) is 0 Å². The smallest absolute Gasteiger partial charge is 0.147 e. The van der Waals surface area contributed by atoms with Crippen molar-refractivity contribution in [2.75, 3.05) is 5.73 Å². The molecule has 1 aromatic carbocycles. The third kappa shape index (κ3) is 3.37. The van der Waals surface area contributed by atoms with Gasteiger partial charge in [-0.15, -0.1) is 5.54 Å². The monoisotopic (exact) mass is 225 g/mol. The van der Waals surface area contributed by atoms with Gasteiger partial charge in [0.25, 0.3) is 0 Å². The van der Waals surface area contributed by atoms with Gasteiger partial charge >= 0.3 is 0 Å². The first kappa shape index (κ1) is 11.7. The Hall–Kier alpha value is -1.34. The lowest BCUT2D eigenvalue weighted by molar-refractivity contribution is 0.601. The molecule has 0 amide bonds. The highest BCUT2D eigenvalue weighted by Crippen LogP contribution is 2.15. The Morgan fingerprint density at radius 2 is 1.73 bits per heavy atom. The molecule has 15 heavy (non-hydrogen) atoms. The van der Waals surface area contributed by atoms with Gasteiger partial charge in [0.1, 0.15) is 19.7 Å². The van der Waals surface area contributed by atoms with Gasteiger partial charge in [-0.2, -0.15) is 0 Å². The van der Waals surface area contributed by atoms with E-state index in [1.165, 1.54) is 0 Å². The van der Waals surface area contributed by atoms with Gasteiger partial charge in [0, 0.05) is 6.07 Å². The molecule has 0 aromatic heterocycles. The Bertz CT molecular complexity index is 438. The molecule has 0 unspecified atom stereocenters. The summed E-state index contributed by atoms with van der Waals surface area (Å²) < 4.78 is 26.3. The molecule has 0 saturated carbocycles. The lowest BCUT2D eigenvalue weighted by atomic mass is 10.2. The quantitative estimate of drug-likeness (QED) is 0.410. The first-order valence-electron chi connectivity index (χ1n) is 4.57. The van der Waals surface area contributed by atoms with E-state index < -0.39 is 19.7 Å². The van der Waals surface area contributed by atoms with Crippen molar-refractivity contribution >= 4 is 13.8 Å². The second-order valence-corrected chi connectivity index (χ2v) is 9.10. The van der Waals surface area contributed by atoms with Gasteiger partial charge in [-0.25, -0.2) is 8.78 Å². The molecule has 0 heterocycles. The van der Waals surface area contributed by atoms with E-state index in [1.54, 1.807) is 0 Å². The number of hydrogen-bond acceptors (Lipinski definition) is 1. The fourth-order valence-electron chi connectivity index (χ4n) is 0.913. The maximum absolute atomic E-state index is 13.3. The molecule has 80 valence electrons. The van der Waals surface area contributed by atoms with Crippen molar-refractivity contribution in [2.45, 2.75) is 19.6 Å². The molecule has 0 fully saturated rings. The summed E-state index contributed by atoms with van der Waals surface area (Å²) in [4.78, 5) is 0. The van der Waals surface area contributed by atoms with Crippen LogP contribution in [0.3, 0.4) is 0 Å². The summed E-state index contributed by atoms with van der Waals surface area (Å²) in [7, 11) is -1.58. The minimum absolute atomic E-state index is 0.0733. The van der Waals surface area contributed by atoms with E-state index in [-0.39, 0.29) is 11.3 Å². The van der Waals surface area contributed by atoms with Crippen molar-refractivity contribution in [3.05, 3.63) is 29.3 Å². The molecule has 0 saturated heterocycles. The molecule has 0 aliphatic carbocycles. The Balaban J connectivity index is 3.15. The molecule has 4 heteroatoms. The molecule has 1 aromatic rings. The zero-order chi connectivity index (χ0) is 11.6. The molecular formula is C11H13F2NSi. The van der Waals surface area contributed by atoms with Gasteiger partial charge in [0.15, 0.2) is 0 Å². The fraction of sp³-hybridized carbons (Fsp3) is 0.273. The van der Waals surface area contributed by atoms with Crippen molar-refractivity contribution in [2.24, 2.45) is 0 Å². The highest BCUT2D eigenvalue weighted by atomic mass is 28.3. The van der Waals surface area contributed by atoms with Crippen LogP contribution in [0.2, 0.25) is 19.6 Å². The highest BCUT2D eigenvalue weighted by molar-refractivity contribution is 6.83. The number of hydrogen-bond donors (Lipinski definition) is 1. The van der Waals surface area contributed by atoms with E-state index in [2.05, 4.69) is 11.5 Å². The largest absolute Gasteiger partial charge is 0.396 e. The van der Waals surface area contributed by atoms with Crippen LogP contribution in [0.5, 0.6) is 0 Å². The summed E-state index contributed by atoms with van der Waals surface area (Å²) in [6.45, 7) is 6.10. The van der Waals surface area contributed by atoms with Crippen molar-refractivity contribution in [1.29, 1.82) is 0 Å². The van der Waals surface area contributed by atoms with Crippen LogP contribution in [0.1, 0.15) is 5.56 Å². The summed E-state index contributed by atoms with van der Waals surface area (Å²) in [5.74, 6) is 1.46. The predicted molar refractivity (Wildman–Crippen MR) is 61.0 cm³/mol. The SMILES string of the molecule is C[Si](C)(C)C#Cc1cc(F)c(N)cc1F. The lowest BCUT2D eigenvalue weighted by Gasteiger charge is -2.04. The van der Waals surface area contributed by atoms with Crippen molar-refractivity contribution in [3.8, 4) is 11.5 Å². The van der Waals surface area contributed by atoms with Crippen LogP contribution >= 0.6 is 0 Å². The number of nitrogen functional groups attached to an aromatic ring is 1. The van der Waals surface area contributed by atoms with Gasteiger partial charge in [-0.1, -0.05) is 25.6 Å². The van der Waals surface area contributed by atoms with Crippen LogP contribution in [0.4, 0.5) is 14.5 Å². The van der Waals surface area contributed by atoms with E-state index in [0.717, 1.165) is 12.1 Å². The molecule has 0 atom stereocenters. The fourth-order valence-corrected chi connectivity index (χ4v) is 1.42. The van der Waals surface area contributed by atoms with Crippen LogP contribution in [0.15, 0.2) is 12.1 Å². The van der Waals surface area contributed by atoms with Gasteiger partial charge in [-0.05, 0) is 6.07 Å². The highest BCUT2D eigenvalue weighted by Gasteiger charge is 2.09. The first-order chi connectivity index (χ1) is 6.79. The standard InChI is InChI=1S/C11H13F2NSi/c1-15(2,3)5-4-8-6-10(13)11(14)7-9(8)12/h6-7H,14H2,1-3H3. The molecule has 0 spiro atoms. The van der Waals surface area contributed by atoms with Crippen molar-refractivity contribution in [1.82, 2.24) is 0 Å². The summed E-state index contributed by atoms with van der Waals surface area (Å²) in [6, 6.07) is 2.00. The van der Waals surface area contributed by atoms with Crippen LogP contribution in [0, 0.1) is 23.1 Å². The maximum atomic E-state index is 13.3. The summed E-state index contributed by atoms with van der Waals surface area (Å²) in [5.41, 5.74) is 8.07. The number of rotatable bonds is 0. The molecule has 0 aliphatic heterocycles. The van der Waals surface area contributed by atoms with Gasteiger partial charge in [0.05, 0.1) is 11.3 Å². The van der Waals surface area contributed by atoms with Crippen LogP contribution in [-0.2, 0) is 0 Å². The van der Waals surface area contributed by atoms with Crippen LogP contribution < -0.4 is 5.73 Å². The van der Waals surface area contributed by atoms with Gasteiger partial charge in [-0.3, -0.25) is 0 Å². The zero-order valence-corrected chi connectivity index (χ0v) is 9.99. The average molecular weight is 225 g/mol. The predicted octanol–water partition coefficient (Wildman–Crippen LogP) is 2.78. The number of benzene rings is 1. The molecule has 1 nitrogen and oxygen atoms in total. The van der Waals surface area contributed by atoms with Crippen molar-refractivity contribution < 1.29 is 8.78 Å². The normalized spacial score (nSPS) is 10.7. The van der Waals surface area contributed by atoms with Gasteiger partial charge < -0.3 is 5.73 Å². The third-order valence-corrected chi connectivity index (χ3v) is 2.53. The topological polar surface area (TPSA) is 26.0 Å². The Kier molecular flexibility index (Phi) is 3.15. The average Bonchev–Trinajstić information content (AvgIpc) is 2.07. The second kappa shape index (κ2) is 4.03. The Morgan fingerprint density at radius 1 is 1.13 bits per heavy atom. The summed E-state index contributed by atoms with van der Waals surface area (Å²) in [5, 5.41) is 0. The van der Waals surface area contributed by atoms with E-state index in [1.807, 2.05) is 19.6 Å². The van der Waals surface area contributed by atoms with E-state index >= 15 is 0 Å². The number of halogens is 2. The Morgan fingerprint density at radius 3 is 2.27 bits per heavy atom. The van der Waals surface area contributed by atoms with Crippen LogP contribution in [-0.4, -0.2) is 8.07 Å². The molecule has 0 radical (unpaired) electrons. The summed E-state index contributed by atoms with van der Waals surface area (Å²) >= 11 is 0. The summed E-state index contributed by atoms with van der Waals surface area (Å²) in [6.07, 6.45) is 0. The van der Waals surface area contributed by atoms with Gasteiger partial charge in [0.2, 0.25) is 0 Å². The van der Waals surface area contributed by atoms with E-state index in [4.69, 9.17) is 5.73 Å². The lowest BCUT2D eigenvalue weighted by Crippen LogP contribution is -2.16. The minimum Gasteiger partial charge on any atom is -0.396 e. The zero-order valence-electron chi connectivity index (χ0n) is 8.99. The third-order valence-electron chi connectivity index (χ3n) is 1.66. The Labute approximate surface area is 89.3 Å². The van der Waals surface area contributed by atoms with Crippen molar-refractivity contribution in [3.63, 3.8) is 0 Å².